The van der Waals surface area contributed by atoms with Crippen LogP contribution in [0.4, 0.5) is 0 Å². The summed E-state index contributed by atoms with van der Waals surface area (Å²) in [7, 11) is 0. The van der Waals surface area contributed by atoms with Crippen LogP contribution in [0.1, 0.15) is 6.92 Å². The number of aliphatic hydroxyl groups excluding tert-OH is 1. The maximum atomic E-state index is 8.45. The smallest absolute Gasteiger partial charge is 0.270 e. The number of thiocarbonyl (C=S) groups is 1. The minimum atomic E-state index is -0.366. The zero-order valence-corrected chi connectivity index (χ0v) is 5.27. The van der Waals surface area contributed by atoms with Crippen LogP contribution in [0.15, 0.2) is 0 Å². The Morgan fingerprint density at radius 3 is 2.50 bits per heavy atom. The summed E-state index contributed by atoms with van der Waals surface area (Å²) in [6, 6.07) is 0. The van der Waals surface area contributed by atoms with Crippen LogP contribution in [0.5, 0.6) is 0 Å². The first-order valence-electron chi connectivity index (χ1n) is 2.12. The topological polar surface area (TPSA) is 47.3 Å². The van der Waals surface area contributed by atoms with Crippen LogP contribution in [0.3, 0.4) is 0 Å². The summed E-state index contributed by atoms with van der Waals surface area (Å²) in [6.07, 6.45) is 1.69. The molecule has 0 aromatic rings. The van der Waals surface area contributed by atoms with E-state index in [2.05, 4.69) is 12.2 Å². The van der Waals surface area contributed by atoms with Gasteiger partial charge in [-0.1, -0.05) is 0 Å². The van der Waals surface area contributed by atoms with Gasteiger partial charge in [-0.25, -0.2) is 4.90 Å². The highest BCUT2D eigenvalue weighted by atomic mass is 32.1. The van der Waals surface area contributed by atoms with E-state index in [0.717, 1.165) is 4.90 Å². The highest BCUT2D eigenvalue weighted by molar-refractivity contribution is 7.79. The van der Waals surface area contributed by atoms with Crippen molar-refractivity contribution in [2.45, 2.75) is 6.92 Å². The molecule has 0 heterocycles. The molecule has 44 valence electrons. The standard InChI is InChI=1S/C4H6N2OS/c1-2-6(3-5)4(7)8/h2H2,1H3,(H,7,8). The molecule has 0 amide bonds. The molecule has 0 atom stereocenters. The molecule has 3 nitrogen and oxygen atoms in total. The monoisotopic (exact) mass is 130 g/mol. The second-order valence-corrected chi connectivity index (χ2v) is 1.49. The summed E-state index contributed by atoms with van der Waals surface area (Å²) < 4.78 is 0. The van der Waals surface area contributed by atoms with Gasteiger partial charge < -0.3 is 5.11 Å². The van der Waals surface area contributed by atoms with Crippen molar-refractivity contribution in [1.82, 2.24) is 4.90 Å². The van der Waals surface area contributed by atoms with Crippen molar-refractivity contribution in [1.29, 1.82) is 5.26 Å². The van der Waals surface area contributed by atoms with E-state index >= 15 is 0 Å². The van der Waals surface area contributed by atoms with Crippen LogP contribution in [-0.2, 0) is 0 Å². The fourth-order valence-corrected chi connectivity index (χ4v) is 0.419. The van der Waals surface area contributed by atoms with Crippen LogP contribution < -0.4 is 0 Å². The molecular weight excluding hydrogens is 124 g/mol. The average Bonchev–Trinajstić information content (AvgIpc) is 1.69. The lowest BCUT2D eigenvalue weighted by Crippen LogP contribution is -2.22. The summed E-state index contributed by atoms with van der Waals surface area (Å²) in [5.74, 6) is 0. The zero-order chi connectivity index (χ0) is 6.57. The Morgan fingerprint density at radius 1 is 2.00 bits per heavy atom. The summed E-state index contributed by atoms with van der Waals surface area (Å²) in [5, 5.41) is 16.2. The predicted octanol–water partition coefficient (Wildman–Crippen LogP) is 0.632. The highest BCUT2D eigenvalue weighted by Crippen LogP contribution is 1.83. The lowest BCUT2D eigenvalue weighted by Gasteiger charge is -2.05. The van der Waals surface area contributed by atoms with E-state index in [9.17, 15) is 0 Å². The second kappa shape index (κ2) is 3.22. The lowest BCUT2D eigenvalue weighted by atomic mass is 10.7. The van der Waals surface area contributed by atoms with Crippen molar-refractivity contribution >= 4 is 17.4 Å². The Morgan fingerprint density at radius 2 is 2.50 bits per heavy atom. The normalized spacial score (nSPS) is 7.50. The number of rotatable bonds is 1. The van der Waals surface area contributed by atoms with Crippen LogP contribution in [0.25, 0.3) is 0 Å². The van der Waals surface area contributed by atoms with E-state index in [1.807, 2.05) is 0 Å². The predicted molar refractivity (Wildman–Crippen MR) is 33.2 cm³/mol. The molecule has 0 saturated heterocycles. The first kappa shape index (κ1) is 7.18. The van der Waals surface area contributed by atoms with Crippen LogP contribution in [0.2, 0.25) is 0 Å². The fraction of sp³-hybridized carbons (Fsp3) is 0.500. The Balaban J connectivity index is 3.76. The van der Waals surface area contributed by atoms with E-state index in [4.69, 9.17) is 10.4 Å². The van der Waals surface area contributed by atoms with Gasteiger partial charge >= 0.3 is 0 Å². The maximum absolute atomic E-state index is 8.45. The molecule has 4 heteroatoms. The van der Waals surface area contributed by atoms with Gasteiger partial charge in [-0.2, -0.15) is 5.26 Å². The van der Waals surface area contributed by atoms with Gasteiger partial charge in [-0.15, -0.1) is 0 Å². The lowest BCUT2D eigenvalue weighted by molar-refractivity contribution is 0.443. The van der Waals surface area contributed by atoms with Gasteiger partial charge in [-0.05, 0) is 19.1 Å². The number of nitriles is 1. The first-order valence-corrected chi connectivity index (χ1v) is 2.53. The highest BCUT2D eigenvalue weighted by Gasteiger charge is 1.99. The number of hydrogen-bond acceptors (Lipinski definition) is 2. The fourth-order valence-electron chi connectivity index (χ4n) is 0.249. The first-order chi connectivity index (χ1) is 3.72. The third-order valence-electron chi connectivity index (χ3n) is 0.668. The molecule has 0 aliphatic rings. The molecule has 1 N–H and O–H groups in total. The van der Waals surface area contributed by atoms with Crippen LogP contribution in [-0.4, -0.2) is 21.7 Å². The summed E-state index contributed by atoms with van der Waals surface area (Å²) in [5.41, 5.74) is 0. The van der Waals surface area contributed by atoms with Gasteiger partial charge in [0.25, 0.3) is 5.17 Å². The molecule has 0 spiro atoms. The molecular formula is C4H6N2OS. The van der Waals surface area contributed by atoms with Gasteiger partial charge in [0, 0.05) is 6.54 Å². The molecule has 8 heavy (non-hydrogen) atoms. The van der Waals surface area contributed by atoms with Crippen molar-refractivity contribution in [3.63, 3.8) is 0 Å². The van der Waals surface area contributed by atoms with Gasteiger partial charge in [0.15, 0.2) is 6.19 Å². The molecule has 0 radical (unpaired) electrons. The Bertz CT molecular complexity index is 128. The number of nitrogens with zero attached hydrogens (tertiary/aromatic N) is 2. The molecule has 0 bridgehead atoms. The Labute approximate surface area is 53.1 Å². The second-order valence-electron chi connectivity index (χ2n) is 1.13. The average molecular weight is 130 g/mol. The molecule has 0 aromatic heterocycles. The van der Waals surface area contributed by atoms with Gasteiger partial charge in [-0.3, -0.25) is 0 Å². The molecule has 0 rings (SSSR count). The Kier molecular flexibility index (Phi) is 2.89. The zero-order valence-electron chi connectivity index (χ0n) is 4.46. The molecule has 0 fully saturated rings. The van der Waals surface area contributed by atoms with Gasteiger partial charge in [0.05, 0.1) is 0 Å². The van der Waals surface area contributed by atoms with Crippen molar-refractivity contribution in [3.05, 3.63) is 0 Å². The molecule has 0 saturated carbocycles. The molecule has 0 unspecified atom stereocenters. The minimum Gasteiger partial charge on any atom is -0.486 e. The van der Waals surface area contributed by atoms with Crippen molar-refractivity contribution in [2.24, 2.45) is 0 Å². The summed E-state index contributed by atoms with van der Waals surface area (Å²) in [6.45, 7) is 2.15. The van der Waals surface area contributed by atoms with Crippen LogP contribution in [0, 0.1) is 11.5 Å². The van der Waals surface area contributed by atoms with E-state index in [-0.39, 0.29) is 5.17 Å². The third-order valence-corrected chi connectivity index (χ3v) is 0.888. The van der Waals surface area contributed by atoms with E-state index < -0.39 is 0 Å². The Hall–Kier alpha value is -0.820. The molecule has 0 aliphatic carbocycles. The van der Waals surface area contributed by atoms with Crippen molar-refractivity contribution in [3.8, 4) is 6.19 Å². The van der Waals surface area contributed by atoms with Gasteiger partial charge in [0.2, 0.25) is 0 Å². The van der Waals surface area contributed by atoms with E-state index in [1.165, 1.54) is 0 Å². The van der Waals surface area contributed by atoms with Gasteiger partial charge in [0.1, 0.15) is 0 Å². The SMILES string of the molecule is CCN(C#N)C(O)=S. The van der Waals surface area contributed by atoms with E-state index in [0.29, 0.717) is 6.54 Å². The number of hydrogen-bond donors (Lipinski definition) is 1. The third kappa shape index (κ3) is 1.76. The largest absolute Gasteiger partial charge is 0.486 e. The number of aliphatic hydroxyl groups is 1. The maximum Gasteiger partial charge on any atom is 0.270 e. The summed E-state index contributed by atoms with van der Waals surface area (Å²) >= 11 is 4.27. The minimum absolute atomic E-state index is 0.366. The van der Waals surface area contributed by atoms with Crippen LogP contribution >= 0.6 is 12.2 Å². The quantitative estimate of drug-likeness (QED) is 0.321. The van der Waals surface area contributed by atoms with E-state index in [1.54, 1.807) is 13.1 Å². The summed E-state index contributed by atoms with van der Waals surface area (Å²) in [4.78, 5) is 1.01. The van der Waals surface area contributed by atoms with Crippen molar-refractivity contribution in [2.75, 3.05) is 6.54 Å². The molecule has 0 aliphatic heterocycles. The molecule has 0 aromatic carbocycles. The van der Waals surface area contributed by atoms with Crippen molar-refractivity contribution < 1.29 is 5.11 Å².